The monoisotopic (exact) mass is 273 g/mol. The Hall–Kier alpha value is -1.26. The molecule has 90 valence electrons. The van der Waals surface area contributed by atoms with Crippen LogP contribution in [0.2, 0.25) is 5.02 Å². The summed E-state index contributed by atoms with van der Waals surface area (Å²) in [7, 11) is 0. The van der Waals surface area contributed by atoms with E-state index in [1.807, 2.05) is 0 Å². The predicted molar refractivity (Wildman–Crippen MR) is 64.6 cm³/mol. The maximum atomic E-state index is 10.9. The lowest BCUT2D eigenvalue weighted by atomic mass is 9.95. The third-order valence-electron chi connectivity index (χ3n) is 2.54. The largest absolute Gasteiger partial charge is 0.477 e. The van der Waals surface area contributed by atoms with E-state index in [9.17, 15) is 4.79 Å². The Morgan fingerprint density at radius 1 is 1.53 bits per heavy atom. The molecule has 2 unspecified atom stereocenters. The highest BCUT2D eigenvalue weighted by Crippen LogP contribution is 2.36. The van der Waals surface area contributed by atoms with Gasteiger partial charge >= 0.3 is 5.97 Å². The Kier molecular flexibility index (Phi) is 3.54. The summed E-state index contributed by atoms with van der Waals surface area (Å²) in [4.78, 5) is 15.7. The summed E-state index contributed by atoms with van der Waals surface area (Å²) in [6, 6.07) is 7.05. The summed E-state index contributed by atoms with van der Waals surface area (Å²) in [5.41, 5.74) is 0.616. The first-order chi connectivity index (χ1) is 8.11. The van der Waals surface area contributed by atoms with Gasteiger partial charge in [0, 0.05) is 5.02 Å². The SMILES string of the molecule is O=C(O)C1=NOCC1C(Cl)c1ccccc1Cl. The fourth-order valence-electron chi connectivity index (χ4n) is 1.67. The minimum Gasteiger partial charge on any atom is -0.477 e. The maximum Gasteiger partial charge on any atom is 0.354 e. The van der Waals surface area contributed by atoms with Crippen molar-refractivity contribution in [3.8, 4) is 0 Å². The van der Waals surface area contributed by atoms with Crippen molar-refractivity contribution in [3.63, 3.8) is 0 Å². The summed E-state index contributed by atoms with van der Waals surface area (Å²) in [6.07, 6.45) is 0. The number of nitrogens with zero attached hydrogens (tertiary/aromatic N) is 1. The molecule has 1 aromatic carbocycles. The molecule has 1 heterocycles. The van der Waals surface area contributed by atoms with E-state index in [1.165, 1.54) is 0 Å². The molecule has 2 rings (SSSR count). The summed E-state index contributed by atoms with van der Waals surface area (Å²) >= 11 is 12.3. The molecular formula is C11H9Cl2NO3. The van der Waals surface area contributed by atoms with Crippen molar-refractivity contribution in [1.29, 1.82) is 0 Å². The van der Waals surface area contributed by atoms with Crippen LogP contribution in [0.1, 0.15) is 10.9 Å². The average molecular weight is 274 g/mol. The number of alkyl halides is 1. The number of carboxylic acids is 1. The molecule has 0 amide bonds. The van der Waals surface area contributed by atoms with Crippen LogP contribution in [0.5, 0.6) is 0 Å². The second-order valence-corrected chi connectivity index (χ2v) is 4.48. The van der Waals surface area contributed by atoms with E-state index in [0.29, 0.717) is 10.6 Å². The van der Waals surface area contributed by atoms with E-state index in [1.54, 1.807) is 24.3 Å². The number of halogens is 2. The van der Waals surface area contributed by atoms with Gasteiger partial charge in [-0.25, -0.2) is 4.79 Å². The summed E-state index contributed by atoms with van der Waals surface area (Å²) in [6.45, 7) is 0.154. The van der Waals surface area contributed by atoms with Crippen LogP contribution in [0.3, 0.4) is 0 Å². The minimum atomic E-state index is -1.12. The van der Waals surface area contributed by atoms with Crippen molar-refractivity contribution in [1.82, 2.24) is 0 Å². The molecule has 4 nitrogen and oxygen atoms in total. The third kappa shape index (κ3) is 2.37. The van der Waals surface area contributed by atoms with Crippen LogP contribution >= 0.6 is 23.2 Å². The Morgan fingerprint density at radius 3 is 2.88 bits per heavy atom. The molecule has 0 aromatic heterocycles. The lowest BCUT2D eigenvalue weighted by Crippen LogP contribution is -2.25. The molecule has 6 heteroatoms. The van der Waals surface area contributed by atoms with Crippen molar-refractivity contribution in [2.45, 2.75) is 5.38 Å². The molecule has 0 spiro atoms. The zero-order valence-corrected chi connectivity index (χ0v) is 10.1. The lowest BCUT2D eigenvalue weighted by molar-refractivity contribution is -0.129. The molecule has 0 aliphatic carbocycles. The molecule has 0 saturated carbocycles. The molecule has 1 aliphatic rings. The van der Waals surface area contributed by atoms with Gasteiger partial charge in [-0.2, -0.15) is 0 Å². The summed E-state index contributed by atoms with van der Waals surface area (Å²) in [5.74, 6) is -1.61. The lowest BCUT2D eigenvalue weighted by Gasteiger charge is -2.16. The first-order valence-corrected chi connectivity index (χ1v) is 5.74. The van der Waals surface area contributed by atoms with E-state index in [2.05, 4.69) is 5.16 Å². The van der Waals surface area contributed by atoms with Gasteiger partial charge in [0.2, 0.25) is 0 Å². The molecule has 1 aliphatic heterocycles. The molecule has 2 atom stereocenters. The van der Waals surface area contributed by atoms with E-state index < -0.39 is 17.3 Å². The number of rotatable bonds is 3. The molecule has 1 aromatic rings. The first-order valence-electron chi connectivity index (χ1n) is 4.93. The second kappa shape index (κ2) is 4.94. The van der Waals surface area contributed by atoms with Crippen molar-refractivity contribution in [3.05, 3.63) is 34.9 Å². The molecule has 0 saturated heterocycles. The number of hydrogen-bond acceptors (Lipinski definition) is 3. The molecule has 17 heavy (non-hydrogen) atoms. The second-order valence-electron chi connectivity index (χ2n) is 3.61. The van der Waals surface area contributed by atoms with Gasteiger partial charge in [-0.15, -0.1) is 11.6 Å². The Bertz CT molecular complexity index is 476. The zero-order valence-electron chi connectivity index (χ0n) is 8.64. The van der Waals surface area contributed by atoms with Crippen molar-refractivity contribution in [2.24, 2.45) is 11.1 Å². The quantitative estimate of drug-likeness (QED) is 0.862. The summed E-state index contributed by atoms with van der Waals surface area (Å²) < 4.78 is 0. The standard InChI is InChI=1S/C11H9Cl2NO3/c12-8-4-2-1-3-6(8)9(13)7-5-17-14-10(7)11(15)16/h1-4,7,9H,5H2,(H,15,16). The van der Waals surface area contributed by atoms with Gasteiger partial charge in [-0.3, -0.25) is 0 Å². The van der Waals surface area contributed by atoms with Crippen LogP contribution in [0.15, 0.2) is 29.4 Å². The number of benzene rings is 1. The van der Waals surface area contributed by atoms with Crippen LogP contribution < -0.4 is 0 Å². The van der Waals surface area contributed by atoms with Gasteiger partial charge in [0.15, 0.2) is 5.71 Å². The highest BCUT2D eigenvalue weighted by molar-refractivity contribution is 6.39. The van der Waals surface area contributed by atoms with E-state index in [0.717, 1.165) is 0 Å². The summed E-state index contributed by atoms with van der Waals surface area (Å²) in [5, 5.41) is 12.4. The third-order valence-corrected chi connectivity index (χ3v) is 3.43. The number of carbonyl (C=O) groups is 1. The zero-order chi connectivity index (χ0) is 12.4. The highest BCUT2D eigenvalue weighted by atomic mass is 35.5. The number of aliphatic carboxylic acids is 1. The van der Waals surface area contributed by atoms with Crippen LogP contribution in [0.25, 0.3) is 0 Å². The van der Waals surface area contributed by atoms with E-state index >= 15 is 0 Å². The van der Waals surface area contributed by atoms with Crippen molar-refractivity contribution in [2.75, 3.05) is 6.61 Å². The topological polar surface area (TPSA) is 58.9 Å². The smallest absolute Gasteiger partial charge is 0.354 e. The van der Waals surface area contributed by atoms with Gasteiger partial charge in [0.05, 0.1) is 11.3 Å². The van der Waals surface area contributed by atoms with Gasteiger partial charge in [0.1, 0.15) is 6.61 Å². The molecular weight excluding hydrogens is 265 g/mol. The minimum absolute atomic E-state index is 0.0649. The Morgan fingerprint density at radius 2 is 2.24 bits per heavy atom. The maximum absolute atomic E-state index is 10.9. The fourth-order valence-corrected chi connectivity index (χ4v) is 2.36. The van der Waals surface area contributed by atoms with Crippen LogP contribution in [0.4, 0.5) is 0 Å². The number of carboxylic acid groups (broad SMARTS) is 1. The van der Waals surface area contributed by atoms with Gasteiger partial charge < -0.3 is 9.94 Å². The normalized spacial score (nSPS) is 20.6. The average Bonchev–Trinajstić information content (AvgIpc) is 2.77. The van der Waals surface area contributed by atoms with Crippen molar-refractivity contribution >= 4 is 34.9 Å². The van der Waals surface area contributed by atoms with Crippen molar-refractivity contribution < 1.29 is 14.7 Å². The van der Waals surface area contributed by atoms with Gasteiger partial charge in [-0.05, 0) is 11.6 Å². The fraction of sp³-hybridized carbons (Fsp3) is 0.273. The molecule has 0 radical (unpaired) electrons. The molecule has 0 bridgehead atoms. The van der Waals surface area contributed by atoms with Crippen LogP contribution in [-0.4, -0.2) is 23.4 Å². The van der Waals surface area contributed by atoms with Gasteiger partial charge in [-0.1, -0.05) is 35.0 Å². The number of hydrogen-bond donors (Lipinski definition) is 1. The Balaban J connectivity index is 2.27. The van der Waals surface area contributed by atoms with Crippen LogP contribution in [0, 0.1) is 5.92 Å². The molecule has 0 fully saturated rings. The molecule has 1 N–H and O–H groups in total. The predicted octanol–water partition coefficient (Wildman–Crippen LogP) is 2.71. The Labute approximate surface area is 108 Å². The van der Waals surface area contributed by atoms with E-state index in [4.69, 9.17) is 33.1 Å². The highest BCUT2D eigenvalue weighted by Gasteiger charge is 2.36. The van der Waals surface area contributed by atoms with E-state index in [-0.39, 0.29) is 12.3 Å². The number of oxime groups is 1. The first kappa shape index (κ1) is 12.2. The van der Waals surface area contributed by atoms with Crippen LogP contribution in [-0.2, 0) is 9.63 Å². The van der Waals surface area contributed by atoms with Gasteiger partial charge in [0.25, 0.3) is 0 Å².